The van der Waals surface area contributed by atoms with E-state index in [1.54, 1.807) is 11.3 Å². The molecule has 1 aromatic rings. The van der Waals surface area contributed by atoms with Crippen molar-refractivity contribution in [3.8, 4) is 0 Å². The van der Waals surface area contributed by atoms with Gasteiger partial charge in [-0.3, -0.25) is 4.79 Å². The molecule has 0 fully saturated rings. The number of carbonyl (C=O) groups excluding carboxylic acids is 1. The van der Waals surface area contributed by atoms with Gasteiger partial charge in [0, 0.05) is 11.5 Å². The number of hydrogen-bond acceptors (Lipinski definition) is 3. The van der Waals surface area contributed by atoms with Gasteiger partial charge in [-0.05, 0) is 42.7 Å². The fourth-order valence-corrected chi connectivity index (χ4v) is 3.17. The molecule has 1 aliphatic rings. The van der Waals surface area contributed by atoms with Crippen LogP contribution in [-0.2, 0) is 16.0 Å². The van der Waals surface area contributed by atoms with Crippen molar-refractivity contribution in [3.63, 3.8) is 0 Å². The minimum Gasteiger partial charge on any atom is -0.372 e. The molecule has 1 atom stereocenters. The highest BCUT2D eigenvalue weighted by Crippen LogP contribution is 2.33. The SMILES string of the molecule is CCCOCC(=O)NC1CCCc2sccc21. The monoisotopic (exact) mass is 253 g/mol. The number of carbonyl (C=O) groups is 1. The summed E-state index contributed by atoms with van der Waals surface area (Å²) in [5.74, 6) is 0.00231. The molecule has 0 saturated heterocycles. The molecule has 0 bridgehead atoms. The molecule has 1 heterocycles. The van der Waals surface area contributed by atoms with Gasteiger partial charge < -0.3 is 10.1 Å². The van der Waals surface area contributed by atoms with Gasteiger partial charge in [-0.25, -0.2) is 0 Å². The molecule has 1 aromatic heterocycles. The van der Waals surface area contributed by atoms with Crippen molar-refractivity contribution in [2.45, 2.75) is 38.6 Å². The number of aryl methyl sites for hydroxylation is 1. The average molecular weight is 253 g/mol. The van der Waals surface area contributed by atoms with E-state index in [9.17, 15) is 4.79 Å². The minimum atomic E-state index is 0.00231. The van der Waals surface area contributed by atoms with Crippen LogP contribution in [0.3, 0.4) is 0 Å². The van der Waals surface area contributed by atoms with Crippen LogP contribution in [0.1, 0.15) is 42.7 Å². The second kappa shape index (κ2) is 6.17. The minimum absolute atomic E-state index is 0.00231. The fraction of sp³-hybridized carbons (Fsp3) is 0.615. The van der Waals surface area contributed by atoms with Crippen molar-refractivity contribution in [1.29, 1.82) is 0 Å². The van der Waals surface area contributed by atoms with Gasteiger partial charge in [-0.2, -0.15) is 0 Å². The van der Waals surface area contributed by atoms with Crippen LogP contribution in [0.5, 0.6) is 0 Å². The summed E-state index contributed by atoms with van der Waals surface area (Å²) in [5.41, 5.74) is 1.31. The molecule has 17 heavy (non-hydrogen) atoms. The predicted molar refractivity (Wildman–Crippen MR) is 69.3 cm³/mol. The van der Waals surface area contributed by atoms with Gasteiger partial charge in [0.1, 0.15) is 6.61 Å². The van der Waals surface area contributed by atoms with Gasteiger partial charge in [0.2, 0.25) is 5.91 Å². The van der Waals surface area contributed by atoms with Crippen LogP contribution < -0.4 is 5.32 Å². The highest BCUT2D eigenvalue weighted by Gasteiger charge is 2.22. The Labute approximate surface area is 106 Å². The first-order chi connectivity index (χ1) is 8.31. The van der Waals surface area contributed by atoms with E-state index in [4.69, 9.17) is 4.74 Å². The van der Waals surface area contributed by atoms with Crippen molar-refractivity contribution in [2.24, 2.45) is 0 Å². The quantitative estimate of drug-likeness (QED) is 0.819. The van der Waals surface area contributed by atoms with Crippen LogP contribution in [0, 0.1) is 0 Å². The molecule has 3 nitrogen and oxygen atoms in total. The summed E-state index contributed by atoms with van der Waals surface area (Å²) in [6.45, 7) is 2.88. The van der Waals surface area contributed by atoms with E-state index in [0.29, 0.717) is 6.61 Å². The number of ether oxygens (including phenoxy) is 1. The first-order valence-corrected chi connectivity index (χ1v) is 7.12. The summed E-state index contributed by atoms with van der Waals surface area (Å²) >= 11 is 1.80. The molecule has 0 aliphatic heterocycles. The molecule has 94 valence electrons. The van der Waals surface area contributed by atoms with Gasteiger partial charge in [-0.15, -0.1) is 11.3 Å². The summed E-state index contributed by atoms with van der Waals surface area (Å²) in [6, 6.07) is 2.33. The lowest BCUT2D eigenvalue weighted by atomic mass is 9.94. The van der Waals surface area contributed by atoms with Crippen LogP contribution in [0.15, 0.2) is 11.4 Å². The predicted octanol–water partition coefficient (Wildman–Crippen LogP) is 2.67. The number of fused-ring (bicyclic) bond motifs is 1. The Morgan fingerprint density at radius 2 is 2.53 bits per heavy atom. The zero-order chi connectivity index (χ0) is 12.1. The Balaban J connectivity index is 1.86. The van der Waals surface area contributed by atoms with Crippen molar-refractivity contribution in [2.75, 3.05) is 13.2 Å². The topological polar surface area (TPSA) is 38.3 Å². The fourth-order valence-electron chi connectivity index (χ4n) is 2.18. The number of hydrogen-bond donors (Lipinski definition) is 1. The highest BCUT2D eigenvalue weighted by atomic mass is 32.1. The third kappa shape index (κ3) is 3.30. The van der Waals surface area contributed by atoms with Gasteiger partial charge in [0.05, 0.1) is 6.04 Å². The first-order valence-electron chi connectivity index (χ1n) is 6.24. The maximum absolute atomic E-state index is 11.7. The zero-order valence-electron chi connectivity index (χ0n) is 10.2. The molecule has 0 saturated carbocycles. The van der Waals surface area contributed by atoms with E-state index in [1.807, 2.05) is 6.92 Å². The number of rotatable bonds is 5. The largest absolute Gasteiger partial charge is 0.372 e. The summed E-state index contributed by atoms with van der Waals surface area (Å²) in [5, 5.41) is 5.18. The molecule has 2 rings (SSSR count). The van der Waals surface area contributed by atoms with Gasteiger partial charge in [0.25, 0.3) is 0 Å². The average Bonchev–Trinajstić information content (AvgIpc) is 2.78. The number of thiophene rings is 1. The molecule has 0 aromatic carbocycles. The number of amides is 1. The lowest BCUT2D eigenvalue weighted by molar-refractivity contribution is -0.126. The normalized spacial score (nSPS) is 18.8. The van der Waals surface area contributed by atoms with Crippen LogP contribution in [-0.4, -0.2) is 19.1 Å². The molecule has 0 radical (unpaired) electrons. The smallest absolute Gasteiger partial charge is 0.246 e. The van der Waals surface area contributed by atoms with E-state index >= 15 is 0 Å². The van der Waals surface area contributed by atoms with Crippen molar-refractivity contribution >= 4 is 17.2 Å². The van der Waals surface area contributed by atoms with Crippen molar-refractivity contribution < 1.29 is 9.53 Å². The standard InChI is InChI=1S/C13H19NO2S/c1-2-7-16-9-13(15)14-11-4-3-5-12-10(11)6-8-17-12/h6,8,11H,2-5,7,9H2,1H3,(H,14,15). The molecule has 1 unspecified atom stereocenters. The second-order valence-corrected chi connectivity index (χ2v) is 5.36. The van der Waals surface area contributed by atoms with E-state index < -0.39 is 0 Å². The van der Waals surface area contributed by atoms with Gasteiger partial charge in [-0.1, -0.05) is 6.92 Å². The Morgan fingerprint density at radius 3 is 3.35 bits per heavy atom. The van der Waals surface area contributed by atoms with E-state index in [-0.39, 0.29) is 18.6 Å². The Morgan fingerprint density at radius 1 is 1.65 bits per heavy atom. The third-order valence-corrected chi connectivity index (χ3v) is 3.97. The first kappa shape index (κ1) is 12.6. The maximum Gasteiger partial charge on any atom is 0.246 e. The summed E-state index contributed by atoms with van der Waals surface area (Å²) in [7, 11) is 0. The molecule has 1 N–H and O–H groups in total. The zero-order valence-corrected chi connectivity index (χ0v) is 11.0. The van der Waals surface area contributed by atoms with Crippen LogP contribution >= 0.6 is 11.3 Å². The molecule has 0 spiro atoms. The van der Waals surface area contributed by atoms with E-state index in [0.717, 1.165) is 25.7 Å². The van der Waals surface area contributed by atoms with E-state index in [2.05, 4.69) is 16.8 Å². The summed E-state index contributed by atoms with van der Waals surface area (Å²) in [4.78, 5) is 13.1. The second-order valence-electron chi connectivity index (χ2n) is 4.36. The lowest BCUT2D eigenvalue weighted by Crippen LogP contribution is -2.33. The Hall–Kier alpha value is -0.870. The summed E-state index contributed by atoms with van der Waals surface area (Å²) < 4.78 is 5.25. The Bertz CT molecular complexity index is 375. The number of nitrogens with one attached hydrogen (secondary N) is 1. The lowest BCUT2D eigenvalue weighted by Gasteiger charge is -2.23. The maximum atomic E-state index is 11.7. The van der Waals surface area contributed by atoms with Crippen molar-refractivity contribution in [1.82, 2.24) is 5.32 Å². The highest BCUT2D eigenvalue weighted by molar-refractivity contribution is 7.10. The molecular weight excluding hydrogens is 234 g/mol. The van der Waals surface area contributed by atoms with Crippen molar-refractivity contribution in [3.05, 3.63) is 21.9 Å². The van der Waals surface area contributed by atoms with E-state index in [1.165, 1.54) is 10.4 Å². The molecule has 1 amide bonds. The van der Waals surface area contributed by atoms with Crippen LogP contribution in [0.25, 0.3) is 0 Å². The van der Waals surface area contributed by atoms with Gasteiger partial charge >= 0.3 is 0 Å². The third-order valence-electron chi connectivity index (χ3n) is 2.97. The molecule has 4 heteroatoms. The van der Waals surface area contributed by atoms with Crippen LogP contribution in [0.4, 0.5) is 0 Å². The molecular formula is C13H19NO2S. The molecule has 1 aliphatic carbocycles. The Kier molecular flexibility index (Phi) is 4.57. The summed E-state index contributed by atoms with van der Waals surface area (Å²) in [6.07, 6.45) is 4.31. The van der Waals surface area contributed by atoms with Crippen LogP contribution in [0.2, 0.25) is 0 Å². The van der Waals surface area contributed by atoms with Gasteiger partial charge in [0.15, 0.2) is 0 Å².